The second-order valence-corrected chi connectivity index (χ2v) is 7.48. The topological polar surface area (TPSA) is 75.0 Å². The van der Waals surface area contributed by atoms with E-state index in [0.29, 0.717) is 34.5 Å². The number of alkyl halides is 3. The molecule has 1 amide bonds. The Hall–Kier alpha value is -3.46. The number of carbonyl (C=O) groups is 1. The molecule has 0 spiro atoms. The number of fused-ring (bicyclic) bond motifs is 1. The Kier molecular flexibility index (Phi) is 5.37. The van der Waals surface area contributed by atoms with E-state index in [9.17, 15) is 23.1 Å². The zero-order valence-corrected chi connectivity index (χ0v) is 17.3. The lowest BCUT2D eigenvalue weighted by Crippen LogP contribution is -2.56. The fourth-order valence-electron chi connectivity index (χ4n) is 3.68. The number of ether oxygens (including phenoxy) is 1. The van der Waals surface area contributed by atoms with E-state index in [4.69, 9.17) is 4.74 Å². The minimum Gasteiger partial charge on any atom is -0.494 e. The molecule has 6 nitrogen and oxygen atoms in total. The highest BCUT2D eigenvalue weighted by Crippen LogP contribution is 2.41. The second-order valence-electron chi connectivity index (χ2n) is 7.48. The van der Waals surface area contributed by atoms with Gasteiger partial charge in [-0.25, -0.2) is 4.98 Å². The standard InChI is InChI=1S/C23H20F3N3O3/c1-3-32-16-8-6-7-15(11-16)20-12-18(17-9-4-5-10-19(17)27-20)21(30)29-22(31,23(24,25)26)13-14(2)28-29/h4-12,31H,3,13H2,1-2H3/t22-/m0/s1. The van der Waals surface area contributed by atoms with E-state index < -0.39 is 24.2 Å². The number of nitrogens with zero attached hydrogens (tertiary/aromatic N) is 3. The number of carbonyl (C=O) groups excluding carboxylic acids is 1. The van der Waals surface area contributed by atoms with Gasteiger partial charge in [0.05, 0.1) is 23.4 Å². The first-order valence-electron chi connectivity index (χ1n) is 9.95. The van der Waals surface area contributed by atoms with Crippen molar-refractivity contribution in [3.8, 4) is 17.0 Å². The Morgan fingerprint density at radius 2 is 1.94 bits per heavy atom. The molecule has 166 valence electrons. The molecule has 32 heavy (non-hydrogen) atoms. The number of amides is 1. The van der Waals surface area contributed by atoms with Gasteiger partial charge in [0.25, 0.3) is 11.6 Å². The molecule has 2 heterocycles. The van der Waals surface area contributed by atoms with Crippen molar-refractivity contribution in [2.75, 3.05) is 6.61 Å². The minimum absolute atomic E-state index is 0.00109. The molecule has 1 aliphatic rings. The smallest absolute Gasteiger partial charge is 0.438 e. The van der Waals surface area contributed by atoms with Crippen molar-refractivity contribution >= 4 is 22.5 Å². The van der Waals surface area contributed by atoms with Crippen LogP contribution in [0.5, 0.6) is 5.75 Å². The third kappa shape index (κ3) is 3.69. The average molecular weight is 443 g/mol. The molecule has 0 saturated heterocycles. The molecule has 0 unspecified atom stereocenters. The Labute approximate surface area is 181 Å². The van der Waals surface area contributed by atoms with E-state index in [1.54, 1.807) is 48.5 Å². The van der Waals surface area contributed by atoms with Gasteiger partial charge in [0, 0.05) is 23.1 Å². The van der Waals surface area contributed by atoms with Crippen molar-refractivity contribution in [3.63, 3.8) is 0 Å². The minimum atomic E-state index is -5.08. The summed E-state index contributed by atoms with van der Waals surface area (Å²) in [7, 11) is 0. The molecule has 3 aromatic rings. The fraction of sp³-hybridized carbons (Fsp3) is 0.261. The van der Waals surface area contributed by atoms with Crippen LogP contribution in [0.15, 0.2) is 59.7 Å². The summed E-state index contributed by atoms with van der Waals surface area (Å²) in [5.41, 5.74) is -2.03. The molecule has 0 fully saturated rings. The molecule has 0 bridgehead atoms. The lowest BCUT2D eigenvalue weighted by Gasteiger charge is -2.32. The predicted molar refractivity (Wildman–Crippen MR) is 113 cm³/mol. The van der Waals surface area contributed by atoms with Crippen LogP contribution in [0.4, 0.5) is 13.2 Å². The van der Waals surface area contributed by atoms with Crippen molar-refractivity contribution < 1.29 is 27.8 Å². The molecule has 0 aliphatic carbocycles. The van der Waals surface area contributed by atoms with Crippen molar-refractivity contribution in [1.29, 1.82) is 0 Å². The number of rotatable bonds is 4. The molecule has 0 radical (unpaired) electrons. The van der Waals surface area contributed by atoms with E-state index in [1.165, 1.54) is 13.0 Å². The number of hydrogen-bond acceptors (Lipinski definition) is 5. The number of benzene rings is 2. The molecule has 9 heteroatoms. The molecular weight excluding hydrogens is 423 g/mol. The maximum absolute atomic E-state index is 13.7. The lowest BCUT2D eigenvalue weighted by molar-refractivity contribution is -0.297. The Bertz CT molecular complexity index is 1230. The van der Waals surface area contributed by atoms with Crippen LogP contribution in [0.2, 0.25) is 0 Å². The Morgan fingerprint density at radius 3 is 2.66 bits per heavy atom. The zero-order chi connectivity index (χ0) is 23.1. The van der Waals surface area contributed by atoms with Crippen LogP contribution in [-0.2, 0) is 0 Å². The van der Waals surface area contributed by atoms with Crippen molar-refractivity contribution in [1.82, 2.24) is 9.99 Å². The predicted octanol–water partition coefficient (Wildman–Crippen LogP) is 4.77. The summed E-state index contributed by atoms with van der Waals surface area (Å²) in [6.45, 7) is 3.64. The van der Waals surface area contributed by atoms with E-state index in [0.717, 1.165) is 0 Å². The first-order chi connectivity index (χ1) is 15.1. The van der Waals surface area contributed by atoms with E-state index in [2.05, 4.69) is 10.1 Å². The lowest BCUT2D eigenvalue weighted by atomic mass is 10.0. The summed E-state index contributed by atoms with van der Waals surface area (Å²) in [5.74, 6) is -0.471. The van der Waals surface area contributed by atoms with Crippen LogP contribution in [-0.4, -0.2) is 45.2 Å². The zero-order valence-electron chi connectivity index (χ0n) is 17.3. The fourth-order valence-corrected chi connectivity index (χ4v) is 3.68. The maximum Gasteiger partial charge on any atom is 0.438 e. The molecule has 4 rings (SSSR count). The quantitative estimate of drug-likeness (QED) is 0.630. The SMILES string of the molecule is CCOc1cccc(-c2cc(C(=O)N3N=C(C)C[C@]3(O)C(F)(F)F)c3ccccc3n2)c1. The number of hydrogen-bond donors (Lipinski definition) is 1. The third-order valence-corrected chi connectivity index (χ3v) is 5.16. The summed E-state index contributed by atoms with van der Waals surface area (Å²) in [4.78, 5) is 17.9. The Morgan fingerprint density at radius 1 is 1.19 bits per heavy atom. The van der Waals surface area contributed by atoms with Gasteiger partial charge in [-0.05, 0) is 38.1 Å². The van der Waals surface area contributed by atoms with Gasteiger partial charge in [-0.3, -0.25) is 4.79 Å². The van der Waals surface area contributed by atoms with E-state index >= 15 is 0 Å². The summed E-state index contributed by atoms with van der Waals surface area (Å²) in [6.07, 6.45) is -5.89. The molecular formula is C23H20F3N3O3. The number of aliphatic hydroxyl groups is 1. The van der Waals surface area contributed by atoms with Crippen molar-refractivity contribution in [2.45, 2.75) is 32.2 Å². The summed E-state index contributed by atoms with van der Waals surface area (Å²) >= 11 is 0. The first-order valence-corrected chi connectivity index (χ1v) is 9.95. The number of halogens is 3. The van der Waals surface area contributed by atoms with Crippen molar-refractivity contribution in [2.24, 2.45) is 5.10 Å². The van der Waals surface area contributed by atoms with Gasteiger partial charge in [-0.2, -0.15) is 23.3 Å². The van der Waals surface area contributed by atoms with Gasteiger partial charge in [0.15, 0.2) is 0 Å². The third-order valence-electron chi connectivity index (χ3n) is 5.16. The molecule has 1 atom stereocenters. The highest BCUT2D eigenvalue weighted by molar-refractivity contribution is 6.08. The van der Waals surface area contributed by atoms with Crippen LogP contribution in [0.25, 0.3) is 22.2 Å². The number of para-hydroxylation sites is 1. The monoisotopic (exact) mass is 443 g/mol. The molecule has 0 saturated carbocycles. The van der Waals surface area contributed by atoms with Crippen LogP contribution >= 0.6 is 0 Å². The van der Waals surface area contributed by atoms with Crippen LogP contribution in [0.3, 0.4) is 0 Å². The van der Waals surface area contributed by atoms with Gasteiger partial charge in [0.2, 0.25) is 0 Å². The van der Waals surface area contributed by atoms with Crippen molar-refractivity contribution in [3.05, 3.63) is 60.2 Å². The van der Waals surface area contributed by atoms with Crippen LogP contribution in [0, 0.1) is 0 Å². The molecule has 1 aliphatic heterocycles. The summed E-state index contributed by atoms with van der Waals surface area (Å²) in [6, 6.07) is 15.1. The molecule has 2 aromatic carbocycles. The molecule has 1 N–H and O–H groups in total. The van der Waals surface area contributed by atoms with Gasteiger partial charge < -0.3 is 9.84 Å². The Balaban J connectivity index is 1.87. The average Bonchev–Trinajstić information content (AvgIpc) is 3.08. The largest absolute Gasteiger partial charge is 0.494 e. The van der Waals surface area contributed by atoms with Crippen LogP contribution in [0.1, 0.15) is 30.6 Å². The summed E-state index contributed by atoms with van der Waals surface area (Å²) in [5, 5.41) is 14.6. The molecule has 1 aromatic heterocycles. The van der Waals surface area contributed by atoms with E-state index in [-0.39, 0.29) is 16.3 Å². The van der Waals surface area contributed by atoms with E-state index in [1.807, 2.05) is 6.92 Å². The van der Waals surface area contributed by atoms with Gasteiger partial charge >= 0.3 is 6.18 Å². The van der Waals surface area contributed by atoms with Gasteiger partial charge in [-0.1, -0.05) is 30.3 Å². The van der Waals surface area contributed by atoms with Gasteiger partial charge in [-0.15, -0.1) is 0 Å². The van der Waals surface area contributed by atoms with Gasteiger partial charge in [0.1, 0.15) is 5.75 Å². The second kappa shape index (κ2) is 7.90. The number of aromatic nitrogens is 1. The first kappa shape index (κ1) is 21.8. The highest BCUT2D eigenvalue weighted by atomic mass is 19.4. The summed E-state index contributed by atoms with van der Waals surface area (Å²) < 4.78 is 46.5. The maximum atomic E-state index is 13.7. The normalized spacial score (nSPS) is 18.7. The van der Waals surface area contributed by atoms with Crippen LogP contribution < -0.4 is 4.74 Å². The number of hydrazone groups is 1. The highest BCUT2D eigenvalue weighted by Gasteiger charge is 2.62. The number of pyridine rings is 1.